The molecule has 2 N–H and O–H groups in total. The van der Waals surface area contributed by atoms with Gasteiger partial charge in [-0.3, -0.25) is 10.0 Å². The van der Waals surface area contributed by atoms with Crippen LogP contribution in [0.5, 0.6) is 0 Å². The van der Waals surface area contributed by atoms with Crippen LogP contribution in [0.25, 0.3) is 0 Å². The van der Waals surface area contributed by atoms with Crippen LogP contribution in [0.1, 0.15) is 23.3 Å². The number of hydrogen-bond donors (Lipinski definition) is 2. The van der Waals surface area contributed by atoms with Crippen molar-refractivity contribution in [1.29, 1.82) is 0 Å². The van der Waals surface area contributed by atoms with Gasteiger partial charge in [-0.25, -0.2) is 8.42 Å². The highest BCUT2D eigenvalue weighted by molar-refractivity contribution is 7.89. The van der Waals surface area contributed by atoms with Crippen LogP contribution in [0.2, 0.25) is 0 Å². The van der Waals surface area contributed by atoms with E-state index < -0.39 is 27.3 Å². The zero-order valence-corrected chi connectivity index (χ0v) is 14.9. The fourth-order valence-electron chi connectivity index (χ4n) is 3.84. The number of fused-ring (bicyclic) bond motifs is 2. The number of piperazine rings is 1. The summed E-state index contributed by atoms with van der Waals surface area (Å²) in [4.78, 5) is 13.8. The summed E-state index contributed by atoms with van der Waals surface area (Å²) in [6.45, 7) is 0.452. The topological polar surface area (TPSA) is 146 Å². The van der Waals surface area contributed by atoms with E-state index in [0.717, 1.165) is 0 Å². The fourth-order valence-corrected chi connectivity index (χ4v) is 5.85. The van der Waals surface area contributed by atoms with E-state index in [-0.39, 0.29) is 35.3 Å². The second-order valence-electron chi connectivity index (χ2n) is 6.53. The molecule has 11 nitrogen and oxygen atoms in total. The lowest BCUT2D eigenvalue weighted by Crippen LogP contribution is -2.57. The zero-order valence-electron chi connectivity index (χ0n) is 14.1. The third kappa shape index (κ3) is 2.96. The molecular formula is C15H17N6O5S-. The van der Waals surface area contributed by atoms with Crippen molar-refractivity contribution in [2.75, 3.05) is 18.3 Å². The van der Waals surface area contributed by atoms with Gasteiger partial charge < -0.3 is 15.3 Å². The Morgan fingerprint density at radius 1 is 1.26 bits per heavy atom. The van der Waals surface area contributed by atoms with Crippen LogP contribution in [0.4, 0.5) is 5.69 Å². The van der Waals surface area contributed by atoms with E-state index in [1.807, 2.05) is 0 Å². The van der Waals surface area contributed by atoms with Gasteiger partial charge >= 0.3 is 0 Å². The molecule has 2 saturated heterocycles. The van der Waals surface area contributed by atoms with Gasteiger partial charge in [-0.1, -0.05) is 12.1 Å². The second-order valence-corrected chi connectivity index (χ2v) is 8.34. The van der Waals surface area contributed by atoms with E-state index in [0.29, 0.717) is 12.8 Å². The number of likely N-dealkylation sites (tertiary alicyclic amines) is 1. The lowest BCUT2D eigenvalue weighted by molar-refractivity contribution is 0.0609. The zero-order chi connectivity index (χ0) is 19.2. The number of H-pyrrole nitrogens is 1. The average molecular weight is 393 g/mol. The Morgan fingerprint density at radius 3 is 2.52 bits per heavy atom. The van der Waals surface area contributed by atoms with Crippen LogP contribution >= 0.6 is 0 Å². The Bertz CT molecular complexity index is 933. The van der Waals surface area contributed by atoms with Gasteiger partial charge in [0.2, 0.25) is 10.0 Å². The quantitative estimate of drug-likeness (QED) is 0.699. The van der Waals surface area contributed by atoms with E-state index in [4.69, 9.17) is 0 Å². The highest BCUT2D eigenvalue weighted by Crippen LogP contribution is 2.38. The smallest absolute Gasteiger partial charge is 0.276 e. The third-order valence-electron chi connectivity index (χ3n) is 4.96. The average Bonchev–Trinajstić information content (AvgIpc) is 3.28. The number of benzene rings is 1. The number of aromatic amines is 1. The van der Waals surface area contributed by atoms with Crippen molar-refractivity contribution >= 4 is 21.6 Å². The van der Waals surface area contributed by atoms with E-state index in [1.165, 1.54) is 34.8 Å². The van der Waals surface area contributed by atoms with Crippen molar-refractivity contribution in [3.63, 3.8) is 0 Å². The standard InChI is InChI=1S/C15H17N6O5S/c22-15(12-7-16-18-17-12)19-8-10-5-6-11(9-19)20(10)27(25,26)14-4-2-1-3-13(14)21(23)24/h1-4,7,10-11,23H,5-6,8-9H2,(H,16,17,18)/q-1. The molecule has 2 aliphatic heterocycles. The second kappa shape index (κ2) is 6.56. The molecule has 2 bridgehead atoms. The monoisotopic (exact) mass is 393 g/mol. The molecule has 0 aliphatic carbocycles. The van der Waals surface area contributed by atoms with Crippen molar-refractivity contribution in [3.8, 4) is 0 Å². The van der Waals surface area contributed by atoms with Gasteiger partial charge in [0.05, 0.1) is 11.9 Å². The number of sulfonamides is 1. The number of amides is 1. The van der Waals surface area contributed by atoms with Gasteiger partial charge in [-0.15, -0.1) is 0 Å². The minimum atomic E-state index is -4.02. The summed E-state index contributed by atoms with van der Waals surface area (Å²) in [5.74, 6) is -0.306. The molecule has 2 aromatic rings. The van der Waals surface area contributed by atoms with E-state index in [1.54, 1.807) is 4.90 Å². The van der Waals surface area contributed by atoms with Crippen molar-refractivity contribution in [2.24, 2.45) is 0 Å². The van der Waals surface area contributed by atoms with E-state index in [9.17, 15) is 23.6 Å². The van der Waals surface area contributed by atoms with Gasteiger partial charge in [-0.2, -0.15) is 19.7 Å². The van der Waals surface area contributed by atoms with Crippen molar-refractivity contribution in [3.05, 3.63) is 41.4 Å². The first-order valence-corrected chi connectivity index (χ1v) is 9.77. The lowest BCUT2D eigenvalue weighted by Gasteiger charge is -2.40. The highest BCUT2D eigenvalue weighted by atomic mass is 32.2. The van der Waals surface area contributed by atoms with Gasteiger partial charge in [0.25, 0.3) is 5.91 Å². The van der Waals surface area contributed by atoms with Crippen LogP contribution in [0, 0.1) is 5.21 Å². The summed E-state index contributed by atoms with van der Waals surface area (Å²) in [7, 11) is -4.02. The molecule has 2 aliphatic rings. The summed E-state index contributed by atoms with van der Waals surface area (Å²) in [5.41, 5.74) is -0.156. The first-order chi connectivity index (χ1) is 12.9. The van der Waals surface area contributed by atoms with Crippen LogP contribution < -0.4 is 5.23 Å². The molecule has 1 amide bonds. The maximum Gasteiger partial charge on any atom is 0.276 e. The summed E-state index contributed by atoms with van der Waals surface area (Å²) in [6.07, 6.45) is 2.54. The SMILES string of the molecule is O=C(c1cn[nH]n1)N1CC2CCC(C1)N2S(=O)(=O)c1ccccc1N([O-])O. The first-order valence-electron chi connectivity index (χ1n) is 8.33. The van der Waals surface area contributed by atoms with Crippen LogP contribution in [0.15, 0.2) is 35.4 Å². The summed E-state index contributed by atoms with van der Waals surface area (Å²) in [5, 5.41) is 30.0. The normalized spacial score (nSPS) is 22.8. The fraction of sp³-hybridized carbons (Fsp3) is 0.400. The molecule has 0 saturated carbocycles. The molecule has 3 heterocycles. The number of nitrogens with one attached hydrogen (secondary N) is 1. The Kier molecular flexibility index (Phi) is 4.34. The number of rotatable bonds is 4. The van der Waals surface area contributed by atoms with Gasteiger partial charge in [0.1, 0.15) is 4.90 Å². The van der Waals surface area contributed by atoms with Crippen LogP contribution in [0.3, 0.4) is 0 Å². The summed E-state index contributed by atoms with van der Waals surface area (Å²) < 4.78 is 27.8. The molecule has 0 spiro atoms. The molecule has 2 unspecified atom stereocenters. The lowest BCUT2D eigenvalue weighted by atomic mass is 10.2. The number of carbonyl (C=O) groups excluding carboxylic acids is 1. The molecule has 144 valence electrons. The van der Waals surface area contributed by atoms with Gasteiger partial charge in [-0.05, 0) is 25.0 Å². The molecule has 2 fully saturated rings. The molecule has 2 atom stereocenters. The third-order valence-corrected chi connectivity index (χ3v) is 7.02. The Hall–Kier alpha value is -2.54. The maximum absolute atomic E-state index is 13.2. The van der Waals surface area contributed by atoms with Crippen LogP contribution in [-0.4, -0.2) is 69.3 Å². The molecule has 27 heavy (non-hydrogen) atoms. The Morgan fingerprint density at radius 2 is 1.93 bits per heavy atom. The molecule has 0 radical (unpaired) electrons. The summed E-state index contributed by atoms with van der Waals surface area (Å²) >= 11 is 0. The predicted molar refractivity (Wildman–Crippen MR) is 92.2 cm³/mol. The Balaban J connectivity index is 1.62. The van der Waals surface area contributed by atoms with Crippen molar-refractivity contribution in [2.45, 2.75) is 29.8 Å². The molecule has 1 aromatic carbocycles. The van der Waals surface area contributed by atoms with Crippen LogP contribution in [-0.2, 0) is 10.0 Å². The van der Waals surface area contributed by atoms with Crippen molar-refractivity contribution in [1.82, 2.24) is 24.6 Å². The van der Waals surface area contributed by atoms with Gasteiger partial charge in [0.15, 0.2) is 5.69 Å². The largest absolute Gasteiger partial charge is 0.733 e. The number of nitrogens with zero attached hydrogens (tertiary/aromatic N) is 5. The Labute approximate surface area is 154 Å². The molecule has 4 rings (SSSR count). The minimum absolute atomic E-state index is 0.179. The van der Waals surface area contributed by atoms with Crippen molar-refractivity contribution < 1.29 is 18.4 Å². The maximum atomic E-state index is 13.2. The number of para-hydroxylation sites is 1. The number of anilines is 1. The highest BCUT2D eigenvalue weighted by Gasteiger charge is 2.48. The van der Waals surface area contributed by atoms with E-state index in [2.05, 4.69) is 15.4 Å². The number of carbonyl (C=O) groups is 1. The molecule has 1 aromatic heterocycles. The molecule has 12 heteroatoms. The minimum Gasteiger partial charge on any atom is -0.733 e. The number of hydrogen-bond acceptors (Lipinski definition) is 8. The first kappa shape index (κ1) is 17.9. The van der Waals surface area contributed by atoms with E-state index >= 15 is 0 Å². The predicted octanol–water partition coefficient (Wildman–Crippen LogP) is 0.176. The number of aromatic nitrogens is 3. The van der Waals surface area contributed by atoms with Gasteiger partial charge in [0, 0.05) is 25.2 Å². The summed E-state index contributed by atoms with van der Waals surface area (Å²) in [6, 6.07) is 4.68. The molecular weight excluding hydrogens is 376 g/mol.